The number of carbonyl (C=O) groups excluding carboxylic acids is 3. The lowest BCUT2D eigenvalue weighted by Crippen LogP contribution is -2.63. The van der Waals surface area contributed by atoms with E-state index in [2.05, 4.69) is 20.9 Å². The number of rotatable bonds is 8. The summed E-state index contributed by atoms with van der Waals surface area (Å²) in [6.45, 7) is 6.33. The molecule has 0 bridgehead atoms. The molecule has 1 saturated carbocycles. The summed E-state index contributed by atoms with van der Waals surface area (Å²) in [6, 6.07) is -0.408. The van der Waals surface area contributed by atoms with E-state index in [9.17, 15) is 14.4 Å². The Morgan fingerprint density at radius 3 is 2.62 bits per heavy atom. The second-order valence-corrected chi connectivity index (χ2v) is 8.85. The maximum Gasteiger partial charge on any atom is 0.315 e. The van der Waals surface area contributed by atoms with E-state index in [1.807, 2.05) is 18.7 Å². The average Bonchev–Trinajstić information content (AvgIpc) is 2.99. The molecule has 2 saturated heterocycles. The van der Waals surface area contributed by atoms with Crippen LogP contribution in [0.2, 0.25) is 0 Å². The second kappa shape index (κ2) is 9.75. The highest BCUT2D eigenvalue weighted by Gasteiger charge is 2.46. The quantitative estimate of drug-likeness (QED) is 0.520. The molecule has 29 heavy (non-hydrogen) atoms. The number of fused-ring (bicyclic) bond motifs is 1. The lowest BCUT2D eigenvalue weighted by Gasteiger charge is -2.45. The maximum absolute atomic E-state index is 13.3. The van der Waals surface area contributed by atoms with Gasteiger partial charge in [-0.3, -0.25) is 14.5 Å². The third kappa shape index (κ3) is 5.60. The van der Waals surface area contributed by atoms with Crippen LogP contribution in [0, 0.1) is 5.92 Å². The molecule has 1 aliphatic carbocycles. The molecule has 3 aliphatic rings. The molecule has 0 spiro atoms. The summed E-state index contributed by atoms with van der Waals surface area (Å²) in [5.74, 6) is 0.475. The number of urea groups is 1. The molecular formula is C20H35N5O4. The summed E-state index contributed by atoms with van der Waals surface area (Å²) >= 11 is 0. The Morgan fingerprint density at radius 2 is 2.00 bits per heavy atom. The van der Waals surface area contributed by atoms with E-state index in [4.69, 9.17) is 4.74 Å². The number of methoxy groups -OCH3 is 1. The number of ether oxygens (including phenoxy) is 1. The normalized spacial score (nSPS) is 27.5. The number of hydrogen-bond acceptors (Lipinski definition) is 5. The third-order valence-electron chi connectivity index (χ3n) is 6.11. The number of nitrogens with zero attached hydrogens (tertiary/aromatic N) is 2. The Labute approximate surface area is 172 Å². The molecule has 3 atom stereocenters. The summed E-state index contributed by atoms with van der Waals surface area (Å²) in [5.41, 5.74) is 0. The van der Waals surface area contributed by atoms with E-state index < -0.39 is 0 Å². The Bertz CT molecular complexity index is 610. The monoisotopic (exact) mass is 409 g/mol. The van der Waals surface area contributed by atoms with E-state index in [0.717, 1.165) is 19.5 Å². The first-order valence-electron chi connectivity index (χ1n) is 10.7. The predicted octanol–water partition coefficient (Wildman–Crippen LogP) is -0.0896. The number of amides is 4. The number of carbonyl (C=O) groups is 3. The van der Waals surface area contributed by atoms with Crippen LogP contribution in [0.15, 0.2) is 0 Å². The lowest BCUT2D eigenvalue weighted by molar-refractivity contribution is -0.144. The Morgan fingerprint density at radius 1 is 1.24 bits per heavy atom. The minimum absolute atomic E-state index is 0.00711. The van der Waals surface area contributed by atoms with E-state index in [1.165, 1.54) is 26.4 Å². The van der Waals surface area contributed by atoms with Crippen molar-refractivity contribution >= 4 is 17.8 Å². The van der Waals surface area contributed by atoms with Crippen molar-refractivity contribution in [2.75, 3.05) is 39.9 Å². The average molecular weight is 410 g/mol. The topological polar surface area (TPSA) is 103 Å². The van der Waals surface area contributed by atoms with Crippen LogP contribution in [-0.2, 0) is 14.3 Å². The molecule has 3 N–H and O–H groups in total. The van der Waals surface area contributed by atoms with Gasteiger partial charge < -0.3 is 25.6 Å². The molecule has 3 rings (SSSR count). The summed E-state index contributed by atoms with van der Waals surface area (Å²) < 4.78 is 4.87. The zero-order chi connectivity index (χ0) is 21.0. The zero-order valence-electron chi connectivity index (χ0n) is 17.8. The predicted molar refractivity (Wildman–Crippen MR) is 108 cm³/mol. The van der Waals surface area contributed by atoms with Gasteiger partial charge >= 0.3 is 6.03 Å². The Hall–Kier alpha value is -1.87. The standard InChI is InChI=1S/C20H35N5O4/c1-13(2)22-20(28)23-15-7-16-11-24(9-14-5-4-6-14)17(19(27)25(16)10-15)8-21-18(26)12-29-3/h13-17H,4-12H2,1-3H3,(H,21,26)(H2,22,23,28)/t15-,16-,17-/m0/s1. The highest BCUT2D eigenvalue weighted by molar-refractivity contribution is 5.85. The summed E-state index contributed by atoms with van der Waals surface area (Å²) in [4.78, 5) is 41.3. The molecule has 0 aromatic heterocycles. The fraction of sp³-hybridized carbons (Fsp3) is 0.850. The van der Waals surface area contributed by atoms with Gasteiger partial charge in [0.05, 0.1) is 6.04 Å². The first-order chi connectivity index (χ1) is 13.9. The first kappa shape index (κ1) is 21.8. The van der Waals surface area contributed by atoms with Crippen molar-refractivity contribution in [2.45, 2.75) is 63.7 Å². The van der Waals surface area contributed by atoms with Crippen molar-refractivity contribution in [1.29, 1.82) is 0 Å². The van der Waals surface area contributed by atoms with Crippen LogP contribution in [0.1, 0.15) is 39.5 Å². The van der Waals surface area contributed by atoms with Crippen molar-refractivity contribution in [1.82, 2.24) is 25.8 Å². The molecule has 9 nitrogen and oxygen atoms in total. The Balaban J connectivity index is 1.62. The van der Waals surface area contributed by atoms with Gasteiger partial charge in [0.15, 0.2) is 0 Å². The molecule has 3 fully saturated rings. The van der Waals surface area contributed by atoms with E-state index in [0.29, 0.717) is 19.0 Å². The third-order valence-corrected chi connectivity index (χ3v) is 6.11. The van der Waals surface area contributed by atoms with Crippen LogP contribution in [0.25, 0.3) is 0 Å². The molecule has 164 valence electrons. The fourth-order valence-electron chi connectivity index (χ4n) is 4.52. The minimum Gasteiger partial charge on any atom is -0.375 e. The SMILES string of the molecule is COCC(=O)NC[C@H]1C(=O)N2C[C@@H](NC(=O)NC(C)C)C[C@H]2CN1CC1CCC1. The molecule has 2 heterocycles. The van der Waals surface area contributed by atoms with Gasteiger partial charge in [-0.2, -0.15) is 0 Å². The number of nitrogens with one attached hydrogen (secondary N) is 3. The van der Waals surface area contributed by atoms with Crippen LogP contribution < -0.4 is 16.0 Å². The fourth-order valence-corrected chi connectivity index (χ4v) is 4.52. The molecule has 0 radical (unpaired) electrons. The van der Waals surface area contributed by atoms with Crippen molar-refractivity contribution in [2.24, 2.45) is 5.92 Å². The summed E-state index contributed by atoms with van der Waals surface area (Å²) in [6.07, 6.45) is 4.44. The van der Waals surface area contributed by atoms with Crippen LogP contribution in [0.5, 0.6) is 0 Å². The number of piperazine rings is 1. The van der Waals surface area contributed by atoms with Gasteiger partial charge in [-0.25, -0.2) is 4.79 Å². The van der Waals surface area contributed by atoms with Crippen LogP contribution in [-0.4, -0.2) is 91.7 Å². The second-order valence-electron chi connectivity index (χ2n) is 8.85. The first-order valence-corrected chi connectivity index (χ1v) is 10.7. The van der Waals surface area contributed by atoms with Gasteiger partial charge in [0, 0.05) is 45.4 Å². The van der Waals surface area contributed by atoms with Crippen molar-refractivity contribution in [3.63, 3.8) is 0 Å². The van der Waals surface area contributed by atoms with E-state index in [1.54, 1.807) is 0 Å². The van der Waals surface area contributed by atoms with Crippen molar-refractivity contribution in [3.05, 3.63) is 0 Å². The van der Waals surface area contributed by atoms with Gasteiger partial charge in [-0.1, -0.05) is 6.42 Å². The molecule has 2 aliphatic heterocycles. The molecule has 4 amide bonds. The van der Waals surface area contributed by atoms with Crippen LogP contribution in [0.3, 0.4) is 0 Å². The summed E-state index contributed by atoms with van der Waals surface area (Å²) in [7, 11) is 1.48. The largest absolute Gasteiger partial charge is 0.375 e. The van der Waals surface area contributed by atoms with Gasteiger partial charge in [0.25, 0.3) is 0 Å². The maximum atomic E-state index is 13.3. The van der Waals surface area contributed by atoms with Gasteiger partial charge in [-0.05, 0) is 39.0 Å². The minimum atomic E-state index is -0.351. The van der Waals surface area contributed by atoms with Gasteiger partial charge in [0.1, 0.15) is 12.6 Å². The molecular weight excluding hydrogens is 374 g/mol. The molecule has 0 aromatic rings. The van der Waals surface area contributed by atoms with Crippen LogP contribution >= 0.6 is 0 Å². The van der Waals surface area contributed by atoms with Crippen LogP contribution in [0.4, 0.5) is 4.79 Å². The van der Waals surface area contributed by atoms with E-state index in [-0.39, 0.29) is 48.6 Å². The highest BCUT2D eigenvalue weighted by atomic mass is 16.5. The molecule has 0 aromatic carbocycles. The molecule has 0 unspecified atom stereocenters. The number of hydrogen-bond donors (Lipinski definition) is 3. The van der Waals surface area contributed by atoms with Gasteiger partial charge in [0.2, 0.25) is 11.8 Å². The summed E-state index contributed by atoms with van der Waals surface area (Å²) in [5, 5.41) is 8.68. The smallest absolute Gasteiger partial charge is 0.315 e. The molecule has 9 heteroatoms. The van der Waals surface area contributed by atoms with E-state index >= 15 is 0 Å². The lowest BCUT2D eigenvalue weighted by atomic mass is 9.84. The zero-order valence-corrected chi connectivity index (χ0v) is 17.8. The van der Waals surface area contributed by atoms with Crippen molar-refractivity contribution < 1.29 is 19.1 Å². The van der Waals surface area contributed by atoms with Gasteiger partial charge in [-0.15, -0.1) is 0 Å². The Kier molecular flexibility index (Phi) is 7.34. The van der Waals surface area contributed by atoms with Crippen molar-refractivity contribution in [3.8, 4) is 0 Å². The highest BCUT2D eigenvalue weighted by Crippen LogP contribution is 2.31.